The van der Waals surface area contributed by atoms with E-state index in [1.165, 1.54) is 28.7 Å². The van der Waals surface area contributed by atoms with Gasteiger partial charge in [0.2, 0.25) is 5.91 Å². The van der Waals surface area contributed by atoms with Crippen LogP contribution in [-0.2, 0) is 11.2 Å². The summed E-state index contributed by atoms with van der Waals surface area (Å²) in [7, 11) is 0. The van der Waals surface area contributed by atoms with Crippen molar-refractivity contribution in [2.24, 2.45) is 5.41 Å². The SMILES string of the molecule is CC(C)(C)C(=O)Nc1nc2ccc(Cc3ccccc3)cc2cc1C1CCC=C1c1cc(C2=CCCC2)ncn1. The zero-order valence-electron chi connectivity index (χ0n) is 23.6. The summed E-state index contributed by atoms with van der Waals surface area (Å²) >= 11 is 0. The van der Waals surface area contributed by atoms with Crippen molar-refractivity contribution in [3.05, 3.63) is 107 Å². The molecule has 2 aromatic carbocycles. The molecule has 2 aliphatic rings. The maximum Gasteiger partial charge on any atom is 0.230 e. The molecule has 0 fully saturated rings. The van der Waals surface area contributed by atoms with Gasteiger partial charge in [-0.15, -0.1) is 0 Å². The fourth-order valence-corrected chi connectivity index (χ4v) is 5.75. The average molecular weight is 529 g/mol. The van der Waals surface area contributed by atoms with Crippen LogP contribution in [0.4, 0.5) is 5.82 Å². The smallest absolute Gasteiger partial charge is 0.230 e. The molecule has 0 radical (unpaired) electrons. The molecule has 5 nitrogen and oxygen atoms in total. The van der Waals surface area contributed by atoms with Crippen LogP contribution in [0.1, 0.15) is 86.9 Å². The Morgan fingerprint density at radius 3 is 2.52 bits per heavy atom. The lowest BCUT2D eigenvalue weighted by Gasteiger charge is -2.23. The number of fused-ring (bicyclic) bond motifs is 1. The van der Waals surface area contributed by atoms with Crippen LogP contribution >= 0.6 is 0 Å². The molecule has 40 heavy (non-hydrogen) atoms. The lowest BCUT2D eigenvalue weighted by atomic mass is 9.89. The second kappa shape index (κ2) is 10.8. The van der Waals surface area contributed by atoms with E-state index in [1.54, 1.807) is 6.33 Å². The Labute approximate surface area is 236 Å². The number of hydrogen-bond acceptors (Lipinski definition) is 4. The van der Waals surface area contributed by atoms with Crippen molar-refractivity contribution >= 4 is 33.8 Å². The van der Waals surface area contributed by atoms with Crippen LogP contribution in [0.15, 0.2) is 79.1 Å². The van der Waals surface area contributed by atoms with Gasteiger partial charge in [-0.25, -0.2) is 15.0 Å². The molecule has 4 aromatic rings. The van der Waals surface area contributed by atoms with Crippen LogP contribution in [0.25, 0.3) is 22.0 Å². The molecular formula is C35H36N4O. The summed E-state index contributed by atoms with van der Waals surface area (Å²) in [5, 5.41) is 4.27. The number of benzene rings is 2. The molecule has 1 N–H and O–H groups in total. The first kappa shape index (κ1) is 26.1. The molecular weight excluding hydrogens is 492 g/mol. The van der Waals surface area contributed by atoms with E-state index >= 15 is 0 Å². The van der Waals surface area contributed by atoms with Gasteiger partial charge in [0.1, 0.15) is 12.1 Å². The number of rotatable bonds is 6. The number of hydrogen-bond donors (Lipinski definition) is 1. The molecule has 202 valence electrons. The van der Waals surface area contributed by atoms with Crippen molar-refractivity contribution in [1.82, 2.24) is 15.0 Å². The average Bonchev–Trinajstić information content (AvgIpc) is 3.66. The molecule has 0 aliphatic heterocycles. The highest BCUT2D eigenvalue weighted by molar-refractivity contribution is 5.96. The number of anilines is 1. The van der Waals surface area contributed by atoms with Gasteiger partial charge in [0.15, 0.2) is 0 Å². The van der Waals surface area contributed by atoms with Gasteiger partial charge in [0, 0.05) is 22.3 Å². The summed E-state index contributed by atoms with van der Waals surface area (Å²) in [5.74, 6) is 0.696. The van der Waals surface area contributed by atoms with E-state index in [1.807, 2.05) is 26.8 Å². The second-order valence-corrected chi connectivity index (χ2v) is 12.0. The van der Waals surface area contributed by atoms with Crippen LogP contribution in [0.3, 0.4) is 0 Å². The number of allylic oxidation sites excluding steroid dienone is 4. The van der Waals surface area contributed by atoms with E-state index < -0.39 is 5.41 Å². The van der Waals surface area contributed by atoms with Crippen LogP contribution in [0.5, 0.6) is 0 Å². The van der Waals surface area contributed by atoms with E-state index in [0.717, 1.165) is 60.0 Å². The predicted octanol–water partition coefficient (Wildman–Crippen LogP) is 8.13. The Morgan fingerprint density at radius 2 is 1.75 bits per heavy atom. The van der Waals surface area contributed by atoms with Gasteiger partial charge in [-0.2, -0.15) is 0 Å². The number of amides is 1. The maximum atomic E-state index is 13.1. The number of nitrogens with zero attached hydrogens (tertiary/aromatic N) is 3. The van der Waals surface area contributed by atoms with E-state index in [0.29, 0.717) is 5.82 Å². The number of nitrogens with one attached hydrogen (secondary N) is 1. The predicted molar refractivity (Wildman–Crippen MR) is 163 cm³/mol. The molecule has 0 bridgehead atoms. The van der Waals surface area contributed by atoms with E-state index in [-0.39, 0.29) is 11.8 Å². The Kier molecular flexibility index (Phi) is 7.05. The lowest BCUT2D eigenvalue weighted by Crippen LogP contribution is -2.28. The van der Waals surface area contributed by atoms with Crippen LogP contribution in [0.2, 0.25) is 0 Å². The third-order valence-electron chi connectivity index (χ3n) is 7.98. The minimum Gasteiger partial charge on any atom is -0.310 e. The minimum atomic E-state index is -0.529. The summed E-state index contributed by atoms with van der Waals surface area (Å²) in [6, 6.07) is 21.3. The van der Waals surface area contributed by atoms with Gasteiger partial charge in [-0.1, -0.05) is 69.3 Å². The number of aromatic nitrogens is 3. The van der Waals surface area contributed by atoms with Gasteiger partial charge >= 0.3 is 0 Å². The Morgan fingerprint density at radius 1 is 0.925 bits per heavy atom. The first-order valence-corrected chi connectivity index (χ1v) is 14.4. The molecule has 0 saturated heterocycles. The highest BCUT2D eigenvalue weighted by Gasteiger charge is 2.29. The van der Waals surface area contributed by atoms with Gasteiger partial charge in [-0.05, 0) is 85.1 Å². The van der Waals surface area contributed by atoms with Crippen LogP contribution < -0.4 is 5.32 Å². The number of carbonyl (C=O) groups excluding carboxylic acids is 1. The van der Waals surface area contributed by atoms with Gasteiger partial charge < -0.3 is 5.32 Å². The van der Waals surface area contributed by atoms with Gasteiger partial charge in [0.05, 0.1) is 16.9 Å². The largest absolute Gasteiger partial charge is 0.310 e. The monoisotopic (exact) mass is 528 g/mol. The zero-order valence-corrected chi connectivity index (χ0v) is 23.6. The summed E-state index contributed by atoms with van der Waals surface area (Å²) < 4.78 is 0. The molecule has 2 heterocycles. The van der Waals surface area contributed by atoms with Crippen molar-refractivity contribution in [3.63, 3.8) is 0 Å². The molecule has 1 unspecified atom stereocenters. The van der Waals surface area contributed by atoms with Crippen molar-refractivity contribution in [2.45, 2.75) is 65.2 Å². The van der Waals surface area contributed by atoms with Crippen LogP contribution in [0, 0.1) is 5.41 Å². The van der Waals surface area contributed by atoms with Gasteiger partial charge in [-0.3, -0.25) is 4.79 Å². The third kappa shape index (κ3) is 5.46. The van der Waals surface area contributed by atoms with E-state index in [4.69, 9.17) is 9.97 Å². The number of pyridine rings is 1. The van der Waals surface area contributed by atoms with Crippen molar-refractivity contribution in [2.75, 3.05) is 5.32 Å². The highest BCUT2D eigenvalue weighted by atomic mass is 16.2. The quantitative estimate of drug-likeness (QED) is 0.274. The highest BCUT2D eigenvalue weighted by Crippen LogP contribution is 2.44. The standard InChI is InChI=1S/C35H36N4O/c1-35(2,3)34(40)39-33-29(20-26-19-24(16-17-30(26)38-33)18-23-10-5-4-6-11-23)27-14-9-15-28(27)32-21-31(36-22-37-32)25-12-7-8-13-25/h4-6,10-12,15-17,19-22,27H,7-9,13-14,18H2,1-3H3,(H,38,39,40). The molecule has 6 rings (SSSR count). The van der Waals surface area contributed by atoms with Crippen molar-refractivity contribution < 1.29 is 4.79 Å². The second-order valence-electron chi connectivity index (χ2n) is 12.0. The Bertz CT molecular complexity index is 1630. The minimum absolute atomic E-state index is 0.0395. The summed E-state index contributed by atoms with van der Waals surface area (Å²) in [6.07, 6.45) is 12.4. The number of carbonyl (C=O) groups is 1. The summed E-state index contributed by atoms with van der Waals surface area (Å²) in [4.78, 5) is 27.5. The lowest BCUT2D eigenvalue weighted by molar-refractivity contribution is -0.123. The fraction of sp³-hybridized carbons (Fsp3) is 0.314. The van der Waals surface area contributed by atoms with Crippen LogP contribution in [-0.4, -0.2) is 20.9 Å². The molecule has 0 saturated carbocycles. The fourth-order valence-electron chi connectivity index (χ4n) is 5.75. The molecule has 0 spiro atoms. The Hall–Kier alpha value is -4.12. The van der Waals surface area contributed by atoms with E-state index in [2.05, 4.69) is 77.1 Å². The van der Waals surface area contributed by atoms with Crippen molar-refractivity contribution in [3.8, 4) is 0 Å². The molecule has 1 amide bonds. The maximum absolute atomic E-state index is 13.1. The molecule has 1 atom stereocenters. The zero-order chi connectivity index (χ0) is 27.7. The topological polar surface area (TPSA) is 67.8 Å². The molecule has 2 aromatic heterocycles. The Balaban J connectivity index is 1.41. The third-order valence-corrected chi connectivity index (χ3v) is 7.98. The summed E-state index contributed by atoms with van der Waals surface area (Å²) in [6.45, 7) is 5.79. The molecule has 5 heteroatoms. The first-order valence-electron chi connectivity index (χ1n) is 14.4. The van der Waals surface area contributed by atoms with E-state index in [9.17, 15) is 4.79 Å². The van der Waals surface area contributed by atoms with Crippen molar-refractivity contribution in [1.29, 1.82) is 0 Å². The molecule has 2 aliphatic carbocycles. The first-order chi connectivity index (χ1) is 19.3. The normalized spacial score (nSPS) is 17.1. The summed E-state index contributed by atoms with van der Waals surface area (Å²) in [5.41, 5.74) is 8.41. The van der Waals surface area contributed by atoms with Gasteiger partial charge in [0.25, 0.3) is 0 Å².